The summed E-state index contributed by atoms with van der Waals surface area (Å²) in [6, 6.07) is 15.2. The van der Waals surface area contributed by atoms with Crippen LogP contribution in [-0.2, 0) is 9.53 Å². The molecule has 1 aromatic heterocycles. The molecular weight excluding hydrogens is 486 g/mol. The maximum Gasteiger partial charge on any atom is 0.303 e. The summed E-state index contributed by atoms with van der Waals surface area (Å²) in [4.78, 5) is 18.9. The third-order valence-electron chi connectivity index (χ3n) is 6.12. The van der Waals surface area contributed by atoms with Crippen LogP contribution in [-0.4, -0.2) is 75.1 Å². The average molecular weight is 512 g/mol. The van der Waals surface area contributed by atoms with E-state index in [0.717, 1.165) is 66.3 Å². The van der Waals surface area contributed by atoms with E-state index >= 15 is 0 Å². The highest BCUT2D eigenvalue weighted by Crippen LogP contribution is 2.36. The van der Waals surface area contributed by atoms with Gasteiger partial charge in [0, 0.05) is 48.0 Å². The van der Waals surface area contributed by atoms with E-state index in [9.17, 15) is 9.90 Å². The molecule has 0 amide bonds. The Morgan fingerprint density at radius 1 is 1.14 bits per heavy atom. The normalized spacial score (nSPS) is 17.9. The number of aromatic nitrogens is 3. The number of hydrogen-bond acceptors (Lipinski definition) is 7. The fraction of sp³-hybridized carbons (Fsp3) is 0.360. The lowest BCUT2D eigenvalue weighted by Gasteiger charge is -2.26. The first-order valence-corrected chi connectivity index (χ1v) is 13.0. The zero-order valence-electron chi connectivity index (χ0n) is 19.1. The van der Waals surface area contributed by atoms with Crippen molar-refractivity contribution in [3.05, 3.63) is 70.5 Å². The molecular formula is C25H26ClN5O3S. The second kappa shape index (κ2) is 10.9. The third-order valence-corrected chi connectivity index (χ3v) is 7.26. The van der Waals surface area contributed by atoms with Crippen molar-refractivity contribution in [2.24, 2.45) is 4.99 Å². The van der Waals surface area contributed by atoms with E-state index in [1.807, 2.05) is 53.1 Å². The van der Waals surface area contributed by atoms with Crippen LogP contribution in [0.1, 0.15) is 35.8 Å². The Balaban J connectivity index is 1.54. The van der Waals surface area contributed by atoms with Crippen LogP contribution in [0, 0.1) is 0 Å². The number of rotatable bonds is 8. The number of fused-ring (bicyclic) bond motifs is 3. The van der Waals surface area contributed by atoms with E-state index < -0.39 is 12.0 Å². The number of morpholine rings is 1. The van der Waals surface area contributed by atoms with Crippen LogP contribution in [0.2, 0.25) is 5.02 Å². The molecule has 2 aliphatic heterocycles. The molecule has 0 unspecified atom stereocenters. The minimum Gasteiger partial charge on any atom is -0.481 e. The van der Waals surface area contributed by atoms with Crippen LogP contribution in [0.15, 0.2) is 58.7 Å². The zero-order valence-corrected chi connectivity index (χ0v) is 20.7. The largest absolute Gasteiger partial charge is 0.481 e. The molecule has 5 rings (SSSR count). The molecule has 35 heavy (non-hydrogen) atoms. The first-order valence-electron chi connectivity index (χ1n) is 11.6. The number of aliphatic carboxylic acids is 1. The number of thioether (sulfide) groups is 1. The van der Waals surface area contributed by atoms with Crippen LogP contribution in [0.5, 0.6) is 0 Å². The number of carbonyl (C=O) groups is 1. The molecule has 0 bridgehead atoms. The summed E-state index contributed by atoms with van der Waals surface area (Å²) in [5, 5.41) is 19.8. The number of nitrogens with zero attached hydrogens (tertiary/aromatic N) is 5. The smallest absolute Gasteiger partial charge is 0.303 e. The van der Waals surface area contributed by atoms with E-state index in [1.165, 1.54) is 0 Å². The molecule has 3 aromatic rings. The quantitative estimate of drug-likeness (QED) is 0.455. The van der Waals surface area contributed by atoms with Crippen LogP contribution < -0.4 is 0 Å². The lowest BCUT2D eigenvalue weighted by Crippen LogP contribution is -2.37. The first-order chi connectivity index (χ1) is 17.1. The van der Waals surface area contributed by atoms with Crippen molar-refractivity contribution < 1.29 is 14.6 Å². The van der Waals surface area contributed by atoms with Gasteiger partial charge in [0.1, 0.15) is 6.04 Å². The number of carboxylic acids is 1. The number of halogens is 1. The number of aliphatic imine (C=N–C) groups is 1. The summed E-state index contributed by atoms with van der Waals surface area (Å²) in [5.74, 6) is 0.639. The van der Waals surface area contributed by atoms with Gasteiger partial charge in [-0.15, -0.1) is 10.2 Å². The minimum absolute atomic E-state index is 0.0142. The maximum atomic E-state index is 11.4. The Morgan fingerprint density at radius 2 is 1.94 bits per heavy atom. The van der Waals surface area contributed by atoms with Gasteiger partial charge in [0.2, 0.25) is 0 Å². The van der Waals surface area contributed by atoms with Crippen LogP contribution >= 0.6 is 23.4 Å². The van der Waals surface area contributed by atoms with Crippen LogP contribution in [0.25, 0.3) is 5.69 Å². The zero-order chi connectivity index (χ0) is 24.2. The monoisotopic (exact) mass is 511 g/mol. The molecule has 0 aliphatic carbocycles. The van der Waals surface area contributed by atoms with Crippen molar-refractivity contribution >= 4 is 35.0 Å². The Kier molecular flexibility index (Phi) is 7.48. The molecule has 2 aliphatic rings. The van der Waals surface area contributed by atoms with E-state index in [4.69, 9.17) is 21.3 Å². The minimum atomic E-state index is -0.863. The number of benzene rings is 2. The molecule has 0 radical (unpaired) electrons. The van der Waals surface area contributed by atoms with Crippen LogP contribution in [0.4, 0.5) is 0 Å². The predicted octanol–water partition coefficient (Wildman–Crippen LogP) is 4.10. The van der Waals surface area contributed by atoms with Crippen LogP contribution in [0.3, 0.4) is 0 Å². The third kappa shape index (κ3) is 5.43. The standard InChI is InChI=1S/C25H26ClN5O3S/c26-18-6-8-21-19(16-18)23(17-4-2-1-3-5-17)27-20(7-9-22(32)33)24-28-29-25(31(21)24)35-15-12-30-10-13-34-14-11-30/h1-6,8,16,20H,7,9-15H2,(H,32,33)/t20-/m0/s1. The molecule has 0 saturated carbocycles. The van der Waals surface area contributed by atoms with Crippen molar-refractivity contribution in [3.63, 3.8) is 0 Å². The number of ether oxygens (including phenoxy) is 1. The summed E-state index contributed by atoms with van der Waals surface area (Å²) in [5.41, 5.74) is 3.48. The molecule has 1 atom stereocenters. The highest BCUT2D eigenvalue weighted by molar-refractivity contribution is 7.99. The van der Waals surface area contributed by atoms with Gasteiger partial charge in [-0.1, -0.05) is 53.7 Å². The lowest BCUT2D eigenvalue weighted by molar-refractivity contribution is -0.137. The molecule has 2 aromatic carbocycles. The SMILES string of the molecule is O=C(O)CC[C@@H]1N=C(c2ccccc2)c2cc(Cl)ccc2-n2c(SCCN3CCOCC3)nnc21. The first kappa shape index (κ1) is 24.0. The molecule has 3 heterocycles. The molecule has 8 nitrogen and oxygen atoms in total. The van der Waals surface area contributed by atoms with Crippen molar-refractivity contribution in [1.29, 1.82) is 0 Å². The van der Waals surface area contributed by atoms with Gasteiger partial charge < -0.3 is 9.84 Å². The fourth-order valence-electron chi connectivity index (χ4n) is 4.36. The van der Waals surface area contributed by atoms with Gasteiger partial charge in [-0.2, -0.15) is 0 Å². The predicted molar refractivity (Wildman–Crippen MR) is 136 cm³/mol. The van der Waals surface area contributed by atoms with Gasteiger partial charge in [0.15, 0.2) is 11.0 Å². The van der Waals surface area contributed by atoms with Gasteiger partial charge in [0.25, 0.3) is 0 Å². The second-order valence-electron chi connectivity index (χ2n) is 8.43. The van der Waals surface area contributed by atoms with Crippen molar-refractivity contribution in [3.8, 4) is 5.69 Å². The molecule has 182 valence electrons. The Bertz CT molecular complexity index is 1230. The van der Waals surface area contributed by atoms with E-state index in [0.29, 0.717) is 17.3 Å². The maximum absolute atomic E-state index is 11.4. The van der Waals surface area contributed by atoms with Gasteiger partial charge in [-0.3, -0.25) is 19.3 Å². The average Bonchev–Trinajstić information content (AvgIpc) is 3.23. The molecule has 1 saturated heterocycles. The molecule has 0 spiro atoms. The Hall–Kier alpha value is -2.72. The van der Waals surface area contributed by atoms with Crippen molar-refractivity contribution in [2.75, 3.05) is 38.6 Å². The molecule has 10 heteroatoms. The van der Waals surface area contributed by atoms with Gasteiger partial charge >= 0.3 is 5.97 Å². The topological polar surface area (TPSA) is 92.8 Å². The van der Waals surface area contributed by atoms with E-state index in [1.54, 1.807) is 11.8 Å². The lowest BCUT2D eigenvalue weighted by atomic mass is 10.0. The summed E-state index contributed by atoms with van der Waals surface area (Å²) in [6.07, 6.45) is 0.309. The van der Waals surface area contributed by atoms with Crippen molar-refractivity contribution in [1.82, 2.24) is 19.7 Å². The number of hydrogen-bond donors (Lipinski definition) is 1. The summed E-state index contributed by atoms with van der Waals surface area (Å²) in [6.45, 7) is 4.34. The van der Waals surface area contributed by atoms with Crippen molar-refractivity contribution in [2.45, 2.75) is 24.0 Å². The number of carboxylic acid groups (broad SMARTS) is 1. The molecule has 1 N–H and O–H groups in total. The van der Waals surface area contributed by atoms with Gasteiger partial charge in [-0.25, -0.2) is 0 Å². The Labute approximate surface area is 213 Å². The van der Waals surface area contributed by atoms with Gasteiger partial charge in [-0.05, 0) is 24.6 Å². The fourth-order valence-corrected chi connectivity index (χ4v) is 5.49. The summed E-state index contributed by atoms with van der Waals surface area (Å²) < 4.78 is 7.48. The summed E-state index contributed by atoms with van der Waals surface area (Å²) in [7, 11) is 0. The van der Waals surface area contributed by atoms with E-state index in [2.05, 4.69) is 15.1 Å². The molecule has 1 fully saturated rings. The highest BCUT2D eigenvalue weighted by atomic mass is 35.5. The second-order valence-corrected chi connectivity index (χ2v) is 9.93. The highest BCUT2D eigenvalue weighted by Gasteiger charge is 2.29. The van der Waals surface area contributed by atoms with Gasteiger partial charge in [0.05, 0.1) is 24.6 Å². The Morgan fingerprint density at radius 3 is 2.71 bits per heavy atom. The summed E-state index contributed by atoms with van der Waals surface area (Å²) >= 11 is 8.08. The van der Waals surface area contributed by atoms with E-state index in [-0.39, 0.29) is 6.42 Å².